The quantitative estimate of drug-likeness (QED) is 0.462. The molecule has 1 aliphatic rings. The molecule has 2 aromatic heterocycles. The van der Waals surface area contributed by atoms with Crippen LogP contribution in [0.3, 0.4) is 0 Å². The van der Waals surface area contributed by atoms with E-state index in [1.54, 1.807) is 17.5 Å². The third kappa shape index (κ3) is 4.22. The molecule has 0 radical (unpaired) electrons. The summed E-state index contributed by atoms with van der Waals surface area (Å²) in [6, 6.07) is 20.2. The first-order chi connectivity index (χ1) is 15.7. The Kier molecular flexibility index (Phi) is 5.83. The van der Waals surface area contributed by atoms with Crippen LogP contribution in [0.4, 0.5) is 0 Å². The van der Waals surface area contributed by atoms with Gasteiger partial charge in [-0.1, -0.05) is 48.5 Å². The molecular weight excluding hydrogens is 418 g/mol. The molecule has 1 fully saturated rings. The summed E-state index contributed by atoms with van der Waals surface area (Å²) in [6.45, 7) is 5.88. The fourth-order valence-electron chi connectivity index (χ4n) is 4.05. The van der Waals surface area contributed by atoms with E-state index in [2.05, 4.69) is 27.5 Å². The van der Waals surface area contributed by atoms with E-state index in [-0.39, 0.29) is 5.91 Å². The first-order valence-corrected chi connectivity index (χ1v) is 11.7. The monoisotopic (exact) mass is 443 g/mol. The third-order valence-electron chi connectivity index (χ3n) is 5.86. The molecule has 6 nitrogen and oxygen atoms in total. The van der Waals surface area contributed by atoms with Crippen LogP contribution in [-0.2, 0) is 6.54 Å². The minimum atomic E-state index is 0.0596. The van der Waals surface area contributed by atoms with Crippen molar-refractivity contribution in [3.05, 3.63) is 89.2 Å². The zero-order chi connectivity index (χ0) is 21.9. The maximum atomic E-state index is 13.1. The van der Waals surface area contributed by atoms with E-state index in [1.807, 2.05) is 65.0 Å². The lowest BCUT2D eigenvalue weighted by Gasteiger charge is -2.34. The lowest BCUT2D eigenvalue weighted by atomic mass is 10.2. The maximum Gasteiger partial charge on any atom is 0.257 e. The molecule has 0 N–H and O–H groups in total. The van der Waals surface area contributed by atoms with Gasteiger partial charge >= 0.3 is 0 Å². The van der Waals surface area contributed by atoms with Crippen LogP contribution >= 0.6 is 11.3 Å². The van der Waals surface area contributed by atoms with Gasteiger partial charge in [-0.05, 0) is 19.1 Å². The summed E-state index contributed by atoms with van der Waals surface area (Å²) in [5, 5.41) is 7.65. The third-order valence-corrected chi connectivity index (χ3v) is 6.80. The van der Waals surface area contributed by atoms with Crippen LogP contribution < -0.4 is 0 Å². The highest BCUT2D eigenvalue weighted by Crippen LogP contribution is 2.24. The summed E-state index contributed by atoms with van der Waals surface area (Å²) in [5.41, 5.74) is 4.76. The molecule has 1 saturated heterocycles. The lowest BCUT2D eigenvalue weighted by molar-refractivity contribution is 0.0626. The van der Waals surface area contributed by atoms with Crippen molar-refractivity contribution in [2.45, 2.75) is 13.5 Å². The normalized spacial score (nSPS) is 14.6. The number of rotatable bonds is 5. The van der Waals surface area contributed by atoms with Crippen LogP contribution in [0.5, 0.6) is 0 Å². The van der Waals surface area contributed by atoms with Gasteiger partial charge in [0, 0.05) is 43.7 Å². The molecule has 2 aromatic carbocycles. The number of thiazole rings is 1. The smallest absolute Gasteiger partial charge is 0.257 e. The van der Waals surface area contributed by atoms with Gasteiger partial charge in [0.15, 0.2) is 0 Å². The van der Waals surface area contributed by atoms with Gasteiger partial charge in [0.05, 0.1) is 28.8 Å². The van der Waals surface area contributed by atoms with Crippen LogP contribution in [0.1, 0.15) is 21.7 Å². The fraction of sp³-hybridized carbons (Fsp3) is 0.240. The number of carbonyl (C=O) groups excluding carboxylic acids is 1. The minimum absolute atomic E-state index is 0.0596. The molecule has 32 heavy (non-hydrogen) atoms. The van der Waals surface area contributed by atoms with Crippen molar-refractivity contribution in [3.8, 4) is 16.3 Å². The molecule has 1 amide bonds. The van der Waals surface area contributed by atoms with Crippen LogP contribution in [0.15, 0.2) is 72.2 Å². The highest BCUT2D eigenvalue weighted by atomic mass is 32.1. The molecule has 0 saturated carbocycles. The minimum Gasteiger partial charge on any atom is -0.336 e. The Morgan fingerprint density at radius 1 is 0.969 bits per heavy atom. The highest BCUT2D eigenvalue weighted by molar-refractivity contribution is 7.13. The molecule has 0 spiro atoms. The van der Waals surface area contributed by atoms with Gasteiger partial charge in [0.25, 0.3) is 5.91 Å². The zero-order valence-electron chi connectivity index (χ0n) is 18.0. The number of para-hydroxylation sites is 1. The second-order valence-corrected chi connectivity index (χ2v) is 8.83. The van der Waals surface area contributed by atoms with E-state index in [4.69, 9.17) is 4.98 Å². The van der Waals surface area contributed by atoms with E-state index >= 15 is 0 Å². The zero-order valence-corrected chi connectivity index (χ0v) is 18.8. The summed E-state index contributed by atoms with van der Waals surface area (Å²) in [6.07, 6.45) is 1.69. The number of carbonyl (C=O) groups is 1. The van der Waals surface area contributed by atoms with Crippen molar-refractivity contribution in [3.63, 3.8) is 0 Å². The summed E-state index contributed by atoms with van der Waals surface area (Å²) >= 11 is 1.68. The van der Waals surface area contributed by atoms with Crippen molar-refractivity contribution in [1.29, 1.82) is 0 Å². The summed E-state index contributed by atoms with van der Waals surface area (Å²) < 4.78 is 1.83. The standard InChI is InChI=1S/C25H25N5OS/c1-19-23(16-26-30(19)22-10-6-3-7-11-22)25(31)29-14-12-28(13-15-29)17-21-18-32-24(27-21)20-8-4-2-5-9-20/h2-11,16,18H,12-15,17H2,1H3. The number of hydrogen-bond donors (Lipinski definition) is 0. The van der Waals surface area contributed by atoms with Crippen molar-refractivity contribution >= 4 is 17.2 Å². The second kappa shape index (κ2) is 9.06. The average Bonchev–Trinajstić information content (AvgIpc) is 3.47. The molecule has 0 unspecified atom stereocenters. The molecule has 0 atom stereocenters. The van der Waals surface area contributed by atoms with Gasteiger partial charge in [-0.15, -0.1) is 11.3 Å². The topological polar surface area (TPSA) is 54.3 Å². The highest BCUT2D eigenvalue weighted by Gasteiger charge is 2.25. The molecule has 4 aromatic rings. The number of aromatic nitrogens is 3. The Morgan fingerprint density at radius 2 is 1.66 bits per heavy atom. The largest absolute Gasteiger partial charge is 0.336 e. The van der Waals surface area contributed by atoms with Crippen molar-refractivity contribution < 1.29 is 4.79 Å². The number of nitrogens with zero attached hydrogens (tertiary/aromatic N) is 5. The summed E-state index contributed by atoms with van der Waals surface area (Å²) in [7, 11) is 0. The van der Waals surface area contributed by atoms with Crippen molar-refractivity contribution in [2.24, 2.45) is 0 Å². The predicted molar refractivity (Wildman–Crippen MR) is 127 cm³/mol. The van der Waals surface area contributed by atoms with E-state index in [0.717, 1.165) is 47.3 Å². The molecule has 0 aliphatic carbocycles. The van der Waals surface area contributed by atoms with Gasteiger partial charge in [0.1, 0.15) is 5.01 Å². The Balaban J connectivity index is 1.20. The number of amides is 1. The number of piperazine rings is 1. The first-order valence-electron chi connectivity index (χ1n) is 10.8. The fourth-order valence-corrected chi connectivity index (χ4v) is 4.87. The van der Waals surface area contributed by atoms with Gasteiger partial charge in [-0.2, -0.15) is 5.10 Å². The van der Waals surface area contributed by atoms with Crippen LogP contribution in [0.25, 0.3) is 16.3 Å². The number of benzene rings is 2. The van der Waals surface area contributed by atoms with Crippen LogP contribution in [-0.4, -0.2) is 56.7 Å². The average molecular weight is 444 g/mol. The molecule has 3 heterocycles. The van der Waals surface area contributed by atoms with E-state index in [1.165, 1.54) is 0 Å². The van der Waals surface area contributed by atoms with Gasteiger partial charge in [-0.25, -0.2) is 9.67 Å². The van der Waals surface area contributed by atoms with Crippen LogP contribution in [0, 0.1) is 6.92 Å². The molecular formula is C25H25N5OS. The van der Waals surface area contributed by atoms with Gasteiger partial charge in [-0.3, -0.25) is 9.69 Å². The van der Waals surface area contributed by atoms with E-state index < -0.39 is 0 Å². The Hall–Kier alpha value is -3.29. The van der Waals surface area contributed by atoms with Crippen molar-refractivity contribution in [1.82, 2.24) is 24.6 Å². The SMILES string of the molecule is Cc1c(C(=O)N2CCN(Cc3csc(-c4ccccc4)n3)CC2)cnn1-c1ccccc1. The van der Waals surface area contributed by atoms with Crippen molar-refractivity contribution in [2.75, 3.05) is 26.2 Å². The molecule has 5 rings (SSSR count). The lowest BCUT2D eigenvalue weighted by Crippen LogP contribution is -2.48. The Bertz CT molecular complexity index is 1190. The van der Waals surface area contributed by atoms with Gasteiger partial charge < -0.3 is 4.90 Å². The molecule has 1 aliphatic heterocycles. The van der Waals surface area contributed by atoms with Crippen LogP contribution in [0.2, 0.25) is 0 Å². The van der Waals surface area contributed by atoms with E-state index in [0.29, 0.717) is 18.7 Å². The first kappa shape index (κ1) is 20.6. The number of hydrogen-bond acceptors (Lipinski definition) is 5. The summed E-state index contributed by atoms with van der Waals surface area (Å²) in [4.78, 5) is 22.2. The van der Waals surface area contributed by atoms with E-state index in [9.17, 15) is 4.79 Å². The Labute approximate surface area is 191 Å². The molecule has 162 valence electrons. The second-order valence-electron chi connectivity index (χ2n) is 7.97. The Morgan fingerprint density at radius 3 is 2.38 bits per heavy atom. The summed E-state index contributed by atoms with van der Waals surface area (Å²) in [5.74, 6) is 0.0596. The molecule has 7 heteroatoms. The predicted octanol–water partition coefficient (Wildman–Crippen LogP) is 4.26. The molecule has 0 bridgehead atoms. The van der Waals surface area contributed by atoms with Gasteiger partial charge in [0.2, 0.25) is 0 Å². The maximum absolute atomic E-state index is 13.1.